The molecule has 0 bridgehead atoms. The Labute approximate surface area is 165 Å². The number of H-pyrrole nitrogens is 1. The minimum atomic E-state index is -3.88. The summed E-state index contributed by atoms with van der Waals surface area (Å²) in [6.45, 7) is 1.67. The first-order valence-corrected chi connectivity index (χ1v) is 10.7. The number of anilines is 1. The fourth-order valence-corrected chi connectivity index (χ4v) is 5.14. The highest BCUT2D eigenvalue weighted by atomic mass is 32.2. The molecule has 8 heteroatoms. The first kappa shape index (κ1) is 18.4. The van der Waals surface area contributed by atoms with E-state index in [0.717, 1.165) is 9.79 Å². The molecule has 0 atom stereocenters. The number of aryl methyl sites for hydroxylation is 1. The molecule has 0 aliphatic carbocycles. The third kappa shape index (κ3) is 3.69. The van der Waals surface area contributed by atoms with Gasteiger partial charge in [0.1, 0.15) is 0 Å². The second-order valence-corrected chi connectivity index (χ2v) is 8.91. The first-order valence-electron chi connectivity index (χ1n) is 8.40. The van der Waals surface area contributed by atoms with Gasteiger partial charge in [-0.05, 0) is 42.8 Å². The van der Waals surface area contributed by atoms with Crippen molar-refractivity contribution in [2.75, 3.05) is 4.72 Å². The smallest absolute Gasteiger partial charge is 0.408 e. The molecule has 2 N–H and O–H groups in total. The van der Waals surface area contributed by atoms with Gasteiger partial charge in [-0.25, -0.2) is 13.2 Å². The monoisotopic (exact) mass is 412 g/mol. The number of sulfonamides is 1. The van der Waals surface area contributed by atoms with Crippen molar-refractivity contribution in [3.8, 4) is 0 Å². The molecule has 6 nitrogen and oxygen atoms in total. The Kier molecular flexibility index (Phi) is 4.74. The number of para-hydroxylation sites is 1. The summed E-state index contributed by atoms with van der Waals surface area (Å²) < 4.78 is 33.7. The molecule has 0 aliphatic heterocycles. The van der Waals surface area contributed by atoms with Gasteiger partial charge in [-0.15, -0.1) is 0 Å². The molecule has 0 saturated heterocycles. The van der Waals surface area contributed by atoms with E-state index in [9.17, 15) is 13.2 Å². The Morgan fingerprint density at radius 2 is 1.71 bits per heavy atom. The van der Waals surface area contributed by atoms with Gasteiger partial charge in [0.15, 0.2) is 5.58 Å². The SMILES string of the molecule is Cc1cc2[nH]c(=O)oc2cc1S(=O)(=O)Nc1ccccc1Sc1ccccc1. The standard InChI is InChI=1S/C20H16N2O4S2/c1-13-11-16-17(26-20(23)21-16)12-19(13)28(24,25)22-15-9-5-6-10-18(15)27-14-7-3-2-4-8-14/h2-12,22H,1H3,(H,21,23). The predicted molar refractivity (Wildman–Crippen MR) is 109 cm³/mol. The lowest BCUT2D eigenvalue weighted by molar-refractivity contribution is 0.554. The second-order valence-electron chi connectivity index (χ2n) is 6.15. The summed E-state index contributed by atoms with van der Waals surface area (Å²) in [4.78, 5) is 15.7. The summed E-state index contributed by atoms with van der Waals surface area (Å²) in [6.07, 6.45) is 0. The van der Waals surface area contributed by atoms with Crippen LogP contribution >= 0.6 is 11.8 Å². The number of aromatic nitrogens is 1. The van der Waals surface area contributed by atoms with E-state index in [4.69, 9.17) is 4.42 Å². The summed E-state index contributed by atoms with van der Waals surface area (Å²) in [5.74, 6) is -0.624. The maximum Gasteiger partial charge on any atom is 0.417 e. The van der Waals surface area contributed by atoms with Gasteiger partial charge < -0.3 is 4.42 Å². The van der Waals surface area contributed by atoms with Gasteiger partial charge in [0.25, 0.3) is 10.0 Å². The van der Waals surface area contributed by atoms with Crippen LogP contribution < -0.4 is 10.5 Å². The molecule has 0 amide bonds. The Morgan fingerprint density at radius 3 is 2.50 bits per heavy atom. The Hall–Kier alpha value is -2.97. The van der Waals surface area contributed by atoms with Crippen molar-refractivity contribution in [2.45, 2.75) is 21.6 Å². The highest BCUT2D eigenvalue weighted by Crippen LogP contribution is 2.34. The molecule has 0 spiro atoms. The topological polar surface area (TPSA) is 92.2 Å². The minimum absolute atomic E-state index is 0.0577. The van der Waals surface area contributed by atoms with Crippen molar-refractivity contribution in [1.82, 2.24) is 4.98 Å². The van der Waals surface area contributed by atoms with Gasteiger partial charge >= 0.3 is 5.76 Å². The fraction of sp³-hybridized carbons (Fsp3) is 0.0500. The van der Waals surface area contributed by atoms with E-state index in [2.05, 4.69) is 9.71 Å². The maximum absolute atomic E-state index is 13.0. The molecule has 1 aromatic heterocycles. The van der Waals surface area contributed by atoms with Gasteiger partial charge in [-0.3, -0.25) is 9.71 Å². The third-order valence-corrected chi connectivity index (χ3v) is 6.70. The minimum Gasteiger partial charge on any atom is -0.408 e. The van der Waals surface area contributed by atoms with Crippen LogP contribution in [0.2, 0.25) is 0 Å². The number of rotatable bonds is 5. The fourth-order valence-electron chi connectivity index (χ4n) is 2.83. The number of aromatic amines is 1. The van der Waals surface area contributed by atoms with Crippen LogP contribution in [0.3, 0.4) is 0 Å². The molecular weight excluding hydrogens is 396 g/mol. The number of fused-ring (bicyclic) bond motifs is 1. The average Bonchev–Trinajstić information content (AvgIpc) is 3.02. The molecule has 0 radical (unpaired) electrons. The Balaban J connectivity index is 1.71. The largest absolute Gasteiger partial charge is 0.417 e. The van der Waals surface area contributed by atoms with Crippen molar-refractivity contribution >= 4 is 38.6 Å². The average molecular weight is 412 g/mol. The van der Waals surface area contributed by atoms with Crippen LogP contribution in [0, 0.1) is 6.92 Å². The normalized spacial score (nSPS) is 11.6. The molecule has 3 aromatic carbocycles. The van der Waals surface area contributed by atoms with E-state index in [1.165, 1.54) is 17.8 Å². The molecule has 0 aliphatic rings. The highest BCUT2D eigenvalue weighted by molar-refractivity contribution is 7.99. The molecular formula is C20H16N2O4S2. The number of benzene rings is 3. The zero-order valence-corrected chi connectivity index (χ0v) is 16.4. The van der Waals surface area contributed by atoms with Gasteiger partial charge in [0, 0.05) is 15.9 Å². The summed E-state index contributed by atoms with van der Waals surface area (Å²) in [7, 11) is -3.88. The number of hydrogen-bond acceptors (Lipinski definition) is 5. The lowest BCUT2D eigenvalue weighted by atomic mass is 10.2. The van der Waals surface area contributed by atoms with E-state index in [1.54, 1.807) is 25.1 Å². The zero-order valence-electron chi connectivity index (χ0n) is 14.8. The van der Waals surface area contributed by atoms with E-state index in [-0.39, 0.29) is 10.5 Å². The number of hydrogen-bond donors (Lipinski definition) is 2. The van der Waals surface area contributed by atoms with Gasteiger partial charge in [0.05, 0.1) is 16.1 Å². The molecule has 0 saturated carbocycles. The number of nitrogens with one attached hydrogen (secondary N) is 2. The Morgan fingerprint density at radius 1 is 1.00 bits per heavy atom. The molecule has 0 fully saturated rings. The quantitative estimate of drug-likeness (QED) is 0.507. The van der Waals surface area contributed by atoms with Crippen LogP contribution in [0.15, 0.2) is 90.6 Å². The lowest BCUT2D eigenvalue weighted by Gasteiger charge is -2.13. The highest BCUT2D eigenvalue weighted by Gasteiger charge is 2.20. The first-order chi connectivity index (χ1) is 13.4. The van der Waals surface area contributed by atoms with E-state index < -0.39 is 15.8 Å². The van der Waals surface area contributed by atoms with Gasteiger partial charge in [-0.1, -0.05) is 42.1 Å². The number of oxazole rings is 1. The second kappa shape index (κ2) is 7.21. The lowest BCUT2D eigenvalue weighted by Crippen LogP contribution is -2.14. The van der Waals surface area contributed by atoms with Crippen molar-refractivity contribution in [3.63, 3.8) is 0 Å². The molecule has 4 aromatic rings. The molecule has 4 rings (SSSR count). The van der Waals surface area contributed by atoms with E-state index in [1.807, 2.05) is 42.5 Å². The van der Waals surface area contributed by atoms with Crippen LogP contribution in [0.5, 0.6) is 0 Å². The third-order valence-electron chi connectivity index (χ3n) is 4.11. The predicted octanol–water partition coefficient (Wildman–Crippen LogP) is 4.38. The van der Waals surface area contributed by atoms with Crippen molar-refractivity contribution in [3.05, 3.63) is 82.8 Å². The van der Waals surface area contributed by atoms with Crippen molar-refractivity contribution in [1.29, 1.82) is 0 Å². The van der Waals surface area contributed by atoms with E-state index in [0.29, 0.717) is 16.8 Å². The van der Waals surface area contributed by atoms with Gasteiger partial charge in [-0.2, -0.15) is 0 Å². The summed E-state index contributed by atoms with van der Waals surface area (Å²) in [6, 6.07) is 19.8. The summed E-state index contributed by atoms with van der Waals surface area (Å²) in [5.41, 5.74) is 1.64. The van der Waals surface area contributed by atoms with Crippen molar-refractivity contribution in [2.24, 2.45) is 0 Å². The van der Waals surface area contributed by atoms with Crippen LogP contribution in [-0.2, 0) is 10.0 Å². The summed E-state index contributed by atoms with van der Waals surface area (Å²) >= 11 is 1.47. The van der Waals surface area contributed by atoms with Crippen LogP contribution in [0.4, 0.5) is 5.69 Å². The van der Waals surface area contributed by atoms with Crippen LogP contribution in [0.1, 0.15) is 5.56 Å². The van der Waals surface area contributed by atoms with E-state index >= 15 is 0 Å². The molecule has 1 heterocycles. The maximum atomic E-state index is 13.0. The Bertz CT molecular complexity index is 1310. The van der Waals surface area contributed by atoms with Crippen molar-refractivity contribution < 1.29 is 12.8 Å². The molecule has 28 heavy (non-hydrogen) atoms. The van der Waals surface area contributed by atoms with Crippen LogP contribution in [0.25, 0.3) is 11.1 Å². The molecule has 0 unspecified atom stereocenters. The zero-order chi connectivity index (χ0) is 19.7. The molecule has 142 valence electrons. The van der Waals surface area contributed by atoms with Gasteiger partial charge in [0.2, 0.25) is 0 Å². The summed E-state index contributed by atoms with van der Waals surface area (Å²) in [5, 5.41) is 0. The van der Waals surface area contributed by atoms with Crippen LogP contribution in [-0.4, -0.2) is 13.4 Å².